The first kappa shape index (κ1) is 20.7. The molecule has 0 amide bonds. The Morgan fingerprint density at radius 2 is 2.10 bits per heavy atom. The molecular weight excluding hydrogens is 399 g/mol. The molecule has 0 aliphatic heterocycles. The standard InChI is InChI=1S/C25H29FO5/c1-14-11-18-17-7-6-15-12-16(27)8-9-24(15,3)25(17,26)20(28)13-23(18,2)21(14)31-22(29)19-5-4-10-30-19/h4-5,8-10,12,14,17-18,20-21,28H,6-7,11,13H2,1-3H3/t14-,17+,18+,20+,21-,23+,24+,25+/m1/s1. The first-order valence-corrected chi connectivity index (χ1v) is 11.2. The number of esters is 1. The van der Waals surface area contributed by atoms with Gasteiger partial charge in [0.15, 0.2) is 11.5 Å². The molecule has 4 aliphatic rings. The molecule has 6 heteroatoms. The molecule has 0 spiro atoms. The van der Waals surface area contributed by atoms with E-state index in [2.05, 4.69) is 0 Å². The molecule has 166 valence electrons. The van der Waals surface area contributed by atoms with Gasteiger partial charge in [-0.25, -0.2) is 9.18 Å². The molecule has 0 saturated heterocycles. The minimum atomic E-state index is -1.86. The molecule has 5 rings (SSSR count). The van der Waals surface area contributed by atoms with Crippen LogP contribution in [-0.2, 0) is 9.53 Å². The molecule has 0 aromatic carbocycles. The van der Waals surface area contributed by atoms with Crippen molar-refractivity contribution < 1.29 is 28.2 Å². The predicted molar refractivity (Wildman–Crippen MR) is 111 cm³/mol. The molecule has 3 fully saturated rings. The van der Waals surface area contributed by atoms with E-state index in [0.29, 0.717) is 12.8 Å². The summed E-state index contributed by atoms with van der Waals surface area (Å²) in [5.74, 6) is -0.872. The molecule has 1 N–H and O–H groups in total. The third-order valence-electron chi connectivity index (χ3n) is 8.82. The van der Waals surface area contributed by atoms with Crippen LogP contribution < -0.4 is 0 Å². The fourth-order valence-electron chi connectivity index (χ4n) is 7.35. The second-order valence-corrected chi connectivity index (χ2v) is 10.4. The zero-order chi connectivity index (χ0) is 22.2. The van der Waals surface area contributed by atoms with Crippen molar-refractivity contribution in [1.82, 2.24) is 0 Å². The molecule has 3 saturated carbocycles. The molecule has 1 aromatic heterocycles. The van der Waals surface area contributed by atoms with Gasteiger partial charge in [0.2, 0.25) is 5.76 Å². The highest BCUT2D eigenvalue weighted by Crippen LogP contribution is 2.68. The minimum absolute atomic E-state index is 0.0327. The average molecular weight is 429 g/mol. The van der Waals surface area contributed by atoms with Gasteiger partial charge in [0, 0.05) is 16.7 Å². The molecule has 31 heavy (non-hydrogen) atoms. The van der Waals surface area contributed by atoms with Gasteiger partial charge in [-0.05, 0) is 68.7 Å². The first-order valence-electron chi connectivity index (χ1n) is 11.2. The lowest BCUT2D eigenvalue weighted by Crippen LogP contribution is -2.67. The Morgan fingerprint density at radius 3 is 2.81 bits per heavy atom. The number of halogens is 1. The van der Waals surface area contributed by atoms with Crippen molar-refractivity contribution in [3.8, 4) is 0 Å². The van der Waals surface area contributed by atoms with Gasteiger partial charge < -0.3 is 14.3 Å². The number of hydrogen-bond donors (Lipinski definition) is 1. The molecule has 0 unspecified atom stereocenters. The third-order valence-corrected chi connectivity index (χ3v) is 8.82. The van der Waals surface area contributed by atoms with Crippen LogP contribution in [-0.4, -0.2) is 34.7 Å². The highest BCUT2D eigenvalue weighted by molar-refractivity contribution is 6.01. The Bertz CT molecular complexity index is 980. The minimum Gasteiger partial charge on any atom is -0.457 e. The lowest BCUT2D eigenvalue weighted by molar-refractivity contribution is -0.201. The number of carbonyl (C=O) groups is 2. The van der Waals surface area contributed by atoms with Crippen LogP contribution >= 0.6 is 0 Å². The van der Waals surface area contributed by atoms with E-state index >= 15 is 4.39 Å². The van der Waals surface area contributed by atoms with E-state index in [0.717, 1.165) is 12.0 Å². The van der Waals surface area contributed by atoms with Crippen LogP contribution in [0.25, 0.3) is 0 Å². The number of rotatable bonds is 2. The Hall–Kier alpha value is -2.21. The summed E-state index contributed by atoms with van der Waals surface area (Å²) in [5, 5.41) is 11.3. The zero-order valence-corrected chi connectivity index (χ0v) is 18.1. The molecule has 0 radical (unpaired) electrons. The zero-order valence-electron chi connectivity index (χ0n) is 18.1. The van der Waals surface area contributed by atoms with Crippen LogP contribution in [0.5, 0.6) is 0 Å². The number of fused-ring (bicyclic) bond motifs is 5. The normalized spacial score (nSPS) is 46.0. The van der Waals surface area contributed by atoms with Gasteiger partial charge in [0.1, 0.15) is 6.10 Å². The number of aliphatic hydroxyl groups excluding tert-OH is 1. The summed E-state index contributed by atoms with van der Waals surface area (Å²) in [4.78, 5) is 24.5. The topological polar surface area (TPSA) is 76.7 Å². The maximum absolute atomic E-state index is 17.0. The number of furan rings is 1. The highest BCUT2D eigenvalue weighted by atomic mass is 19.1. The summed E-state index contributed by atoms with van der Waals surface area (Å²) in [7, 11) is 0. The number of alkyl halides is 1. The summed E-state index contributed by atoms with van der Waals surface area (Å²) in [6, 6.07) is 3.20. The maximum atomic E-state index is 17.0. The number of carbonyl (C=O) groups excluding carboxylic acids is 2. The lowest BCUT2D eigenvalue weighted by atomic mass is 9.46. The van der Waals surface area contributed by atoms with Crippen LogP contribution in [0.3, 0.4) is 0 Å². The summed E-state index contributed by atoms with van der Waals surface area (Å²) in [5.41, 5.74) is -2.63. The van der Waals surface area contributed by atoms with Crippen molar-refractivity contribution in [2.45, 2.75) is 64.3 Å². The largest absolute Gasteiger partial charge is 0.457 e. The van der Waals surface area contributed by atoms with Crippen LogP contribution in [0.2, 0.25) is 0 Å². The smallest absolute Gasteiger partial charge is 0.374 e. The second-order valence-electron chi connectivity index (χ2n) is 10.4. The van der Waals surface area contributed by atoms with E-state index in [1.54, 1.807) is 24.3 Å². The van der Waals surface area contributed by atoms with Gasteiger partial charge >= 0.3 is 5.97 Å². The molecular formula is C25H29FO5. The maximum Gasteiger partial charge on any atom is 0.374 e. The van der Waals surface area contributed by atoms with E-state index < -0.39 is 34.7 Å². The van der Waals surface area contributed by atoms with Crippen molar-refractivity contribution in [3.63, 3.8) is 0 Å². The van der Waals surface area contributed by atoms with E-state index in [1.807, 2.05) is 20.8 Å². The summed E-state index contributed by atoms with van der Waals surface area (Å²) in [6.45, 7) is 5.87. The molecule has 8 atom stereocenters. The van der Waals surface area contributed by atoms with Gasteiger partial charge in [-0.15, -0.1) is 0 Å². The van der Waals surface area contributed by atoms with Crippen LogP contribution in [0.4, 0.5) is 4.39 Å². The van der Waals surface area contributed by atoms with Crippen molar-refractivity contribution >= 4 is 11.8 Å². The highest BCUT2D eigenvalue weighted by Gasteiger charge is 2.71. The van der Waals surface area contributed by atoms with Gasteiger partial charge in [-0.1, -0.05) is 25.5 Å². The van der Waals surface area contributed by atoms with Crippen molar-refractivity contribution in [1.29, 1.82) is 0 Å². The Balaban J connectivity index is 1.50. The number of aliphatic hydroxyl groups is 1. The molecule has 4 aliphatic carbocycles. The van der Waals surface area contributed by atoms with Gasteiger partial charge in [-0.2, -0.15) is 0 Å². The Labute approximate surface area is 181 Å². The third kappa shape index (κ3) is 2.63. The average Bonchev–Trinajstić information content (AvgIpc) is 3.33. The molecule has 1 aromatic rings. The van der Waals surface area contributed by atoms with Gasteiger partial charge in [0.05, 0.1) is 12.4 Å². The van der Waals surface area contributed by atoms with Gasteiger partial charge in [-0.3, -0.25) is 4.79 Å². The number of allylic oxidation sites excluding steroid dienone is 4. The second kappa shape index (κ2) is 6.64. The first-order chi connectivity index (χ1) is 14.6. The fourth-order valence-corrected chi connectivity index (χ4v) is 7.35. The SMILES string of the molecule is C[C@@H]1C[C@H]2[C@@H]3CCC4=CC(=O)C=C[C@]4(C)[C@@]3(F)[C@@H](O)C[C@]2(C)[C@@H]1OC(=O)c1ccco1. The Morgan fingerprint density at radius 1 is 1.32 bits per heavy atom. The number of hydrogen-bond acceptors (Lipinski definition) is 5. The molecule has 5 nitrogen and oxygen atoms in total. The van der Waals surface area contributed by atoms with Crippen molar-refractivity contribution in [3.05, 3.63) is 48.0 Å². The fraction of sp³-hybridized carbons (Fsp3) is 0.600. The van der Waals surface area contributed by atoms with Crippen molar-refractivity contribution in [2.75, 3.05) is 0 Å². The van der Waals surface area contributed by atoms with E-state index in [9.17, 15) is 14.7 Å². The van der Waals surface area contributed by atoms with Crippen molar-refractivity contribution in [2.24, 2.45) is 28.6 Å². The predicted octanol–water partition coefficient (Wildman–Crippen LogP) is 4.42. The van der Waals surface area contributed by atoms with Gasteiger partial charge in [0.25, 0.3) is 0 Å². The summed E-state index contributed by atoms with van der Waals surface area (Å²) < 4.78 is 28.1. The van der Waals surface area contributed by atoms with E-state index in [1.165, 1.54) is 12.3 Å². The van der Waals surface area contributed by atoms with E-state index in [4.69, 9.17) is 9.15 Å². The molecule has 1 heterocycles. The summed E-state index contributed by atoms with van der Waals surface area (Å²) in [6.07, 6.45) is 6.55. The number of ketones is 1. The molecule has 0 bridgehead atoms. The Kier molecular flexibility index (Phi) is 4.43. The van der Waals surface area contributed by atoms with E-state index in [-0.39, 0.29) is 35.7 Å². The van der Waals surface area contributed by atoms with Crippen LogP contribution in [0.1, 0.15) is 57.0 Å². The lowest BCUT2D eigenvalue weighted by Gasteiger charge is -2.61. The van der Waals surface area contributed by atoms with Crippen LogP contribution in [0.15, 0.2) is 46.6 Å². The number of ether oxygens (including phenoxy) is 1. The monoisotopic (exact) mass is 428 g/mol. The summed E-state index contributed by atoms with van der Waals surface area (Å²) >= 11 is 0. The quantitative estimate of drug-likeness (QED) is 0.706. The van der Waals surface area contributed by atoms with Crippen LogP contribution in [0, 0.1) is 28.6 Å².